The fraction of sp³-hybridized carbons (Fsp3) is 0.140. The summed E-state index contributed by atoms with van der Waals surface area (Å²) in [6.45, 7) is 26.8. The minimum absolute atomic E-state index is 0.0821. The van der Waals surface area contributed by atoms with Crippen molar-refractivity contribution < 1.29 is 8.83 Å². The molecule has 0 aliphatic carbocycles. The smallest absolute Gasteiger partial charge is 0.145 e. The van der Waals surface area contributed by atoms with E-state index in [4.69, 9.17) is 18.8 Å². The molecule has 0 aliphatic heterocycles. The third kappa shape index (κ3) is 12.3. The highest BCUT2D eigenvalue weighted by Crippen LogP contribution is 2.46. The maximum Gasteiger partial charge on any atom is 0.145 e. The molecule has 0 aliphatic rings. The van der Waals surface area contributed by atoms with E-state index in [1.54, 1.807) is 0 Å². The molecule has 4 heterocycles. The van der Waals surface area contributed by atoms with E-state index in [2.05, 4.69) is 365 Å². The molecule has 516 valence electrons. The van der Waals surface area contributed by atoms with Crippen LogP contribution in [0.25, 0.3) is 167 Å². The van der Waals surface area contributed by atoms with Crippen LogP contribution in [0.3, 0.4) is 0 Å². The second-order valence-corrected chi connectivity index (χ2v) is 31.0. The van der Waals surface area contributed by atoms with Crippen LogP contribution in [0.5, 0.6) is 0 Å². The Balaban J connectivity index is 0.000000156. The summed E-state index contributed by atoms with van der Waals surface area (Å²) in [5.41, 5.74) is 36.6. The summed E-state index contributed by atoms with van der Waals surface area (Å²) in [6, 6.07) is 105. The van der Waals surface area contributed by atoms with Gasteiger partial charge in [0, 0.05) is 55.2 Å². The Bertz CT molecular complexity index is 6360. The predicted octanol–water partition coefficient (Wildman–Crippen LogP) is 27.6. The zero-order chi connectivity index (χ0) is 72.9. The third-order valence-corrected chi connectivity index (χ3v) is 21.3. The SMILES string of the molecule is CC(C)(C)c1ccc(-c2ccc3oc4c(-c5ccc(-c6nc7ccccc7n6-c6ccccc6)cc5)cc(-c5ccc(C(C)(C)C)cc5)cc4c3c2)cc1.Cc1cc(C)c(-c2ccc3oc4c(-c5ccc(-c6nc7ccccc7n6-c6ccccc6)cc5)cc(-c5c(C)cc(C)cc5C)cc4c3c2)c(C)c1. The molecule has 0 N–H and O–H groups in total. The van der Waals surface area contributed by atoms with Crippen molar-refractivity contribution in [2.24, 2.45) is 0 Å². The number of hydrogen-bond donors (Lipinski definition) is 0. The molecule has 18 aromatic rings. The van der Waals surface area contributed by atoms with E-state index < -0.39 is 0 Å². The van der Waals surface area contributed by atoms with Gasteiger partial charge in [-0.25, -0.2) is 9.97 Å². The topological polar surface area (TPSA) is 61.9 Å². The van der Waals surface area contributed by atoms with Crippen molar-refractivity contribution in [1.82, 2.24) is 19.1 Å². The Morgan fingerprint density at radius 3 is 1.04 bits per heavy atom. The number of furan rings is 2. The number of hydrogen-bond acceptors (Lipinski definition) is 4. The molecule has 6 heteroatoms. The normalized spacial score (nSPS) is 12.0. The van der Waals surface area contributed by atoms with Gasteiger partial charge in [-0.2, -0.15) is 0 Å². The van der Waals surface area contributed by atoms with E-state index in [1.807, 2.05) is 18.2 Å². The van der Waals surface area contributed by atoms with Crippen LogP contribution in [0.1, 0.15) is 86.1 Å². The van der Waals surface area contributed by atoms with Crippen molar-refractivity contribution in [3.8, 4) is 101 Å². The molecule has 4 aromatic heterocycles. The highest BCUT2D eigenvalue weighted by molar-refractivity contribution is 6.14. The zero-order valence-corrected chi connectivity index (χ0v) is 62.3. The molecule has 0 unspecified atom stereocenters. The Hall–Kier alpha value is -12.4. The standard InChI is InChI=1S/C51H44N2O.C49H40N2O/c1-50(2,3)39-25-20-33(21-26-39)37-24-29-47-43(30-37)44-32-38(34-22-27-40(28-23-34)51(4,5)6)31-42(48(44)54-47)35-16-18-36(19-17-35)49-52-45-14-10-11-15-46(45)53(49)41-12-8-7-9-13-41;1-29-22-31(3)46(32(4)23-29)37-20-21-45-41(26-37)42-28-38(47-33(5)24-30(2)25-34(47)6)27-40(48(42)52-45)35-16-18-36(19-17-35)49-50-43-14-10-11-15-44(43)51(49)39-12-8-7-9-13-39/h7-32H,1-6H3;7-28H,1-6H3. The van der Waals surface area contributed by atoms with E-state index in [1.165, 1.54) is 83.5 Å². The molecule has 0 fully saturated rings. The Morgan fingerprint density at radius 2 is 0.604 bits per heavy atom. The first-order valence-corrected chi connectivity index (χ1v) is 36.9. The van der Waals surface area contributed by atoms with Crippen LogP contribution in [0, 0.1) is 41.5 Å². The quantitative estimate of drug-likeness (QED) is 0.137. The Labute approximate surface area is 620 Å². The molecule has 18 rings (SSSR count). The zero-order valence-electron chi connectivity index (χ0n) is 62.3. The minimum Gasteiger partial charge on any atom is -0.455 e. The number of nitrogens with zero attached hydrogens (tertiary/aromatic N) is 4. The van der Waals surface area contributed by atoms with Crippen LogP contribution < -0.4 is 0 Å². The lowest BCUT2D eigenvalue weighted by Crippen LogP contribution is -2.10. The van der Waals surface area contributed by atoms with Crippen molar-refractivity contribution >= 4 is 65.9 Å². The predicted molar refractivity (Wildman–Crippen MR) is 446 cm³/mol. The maximum atomic E-state index is 6.79. The maximum absolute atomic E-state index is 6.79. The first-order valence-electron chi connectivity index (χ1n) is 36.9. The van der Waals surface area contributed by atoms with Crippen molar-refractivity contribution in [3.05, 3.63) is 336 Å². The highest BCUT2D eigenvalue weighted by atomic mass is 16.3. The average Bonchev–Trinajstić information content (AvgIpc) is 1.52. The first kappa shape index (κ1) is 66.8. The number of rotatable bonds is 10. The van der Waals surface area contributed by atoms with Crippen LogP contribution in [-0.4, -0.2) is 19.1 Å². The molecule has 0 atom stereocenters. The molecule has 0 saturated carbocycles. The van der Waals surface area contributed by atoms with Crippen molar-refractivity contribution in [2.75, 3.05) is 0 Å². The monoisotopic (exact) mass is 1370 g/mol. The first-order chi connectivity index (χ1) is 51.2. The highest BCUT2D eigenvalue weighted by Gasteiger charge is 2.24. The number of fused-ring (bicyclic) bond motifs is 8. The van der Waals surface area contributed by atoms with E-state index in [9.17, 15) is 0 Å². The number of benzene rings is 14. The third-order valence-electron chi connectivity index (χ3n) is 21.3. The molecule has 6 nitrogen and oxygen atoms in total. The molecule has 14 aromatic carbocycles. The molecule has 0 radical (unpaired) electrons. The summed E-state index contributed by atoms with van der Waals surface area (Å²) in [5, 5.41) is 4.48. The molecule has 0 spiro atoms. The summed E-state index contributed by atoms with van der Waals surface area (Å²) < 4.78 is 18.1. The summed E-state index contributed by atoms with van der Waals surface area (Å²) in [7, 11) is 0. The fourth-order valence-electron chi connectivity index (χ4n) is 16.1. The van der Waals surface area contributed by atoms with E-state index in [0.29, 0.717) is 0 Å². The van der Waals surface area contributed by atoms with Gasteiger partial charge in [-0.1, -0.05) is 247 Å². The molecule has 106 heavy (non-hydrogen) atoms. The number of aryl methyl sites for hydroxylation is 6. The van der Waals surface area contributed by atoms with E-state index in [-0.39, 0.29) is 10.8 Å². The van der Waals surface area contributed by atoms with Crippen LogP contribution in [0.2, 0.25) is 0 Å². The van der Waals surface area contributed by atoms with Crippen molar-refractivity contribution in [3.63, 3.8) is 0 Å². The van der Waals surface area contributed by atoms with Gasteiger partial charge in [0.05, 0.1) is 22.1 Å². The van der Waals surface area contributed by atoms with E-state index in [0.717, 1.165) is 128 Å². The van der Waals surface area contributed by atoms with Crippen molar-refractivity contribution in [2.45, 2.75) is 93.9 Å². The Kier molecular flexibility index (Phi) is 16.6. The largest absolute Gasteiger partial charge is 0.455 e. The van der Waals surface area contributed by atoms with Gasteiger partial charge in [0.15, 0.2) is 0 Å². The number of para-hydroxylation sites is 6. The van der Waals surface area contributed by atoms with Gasteiger partial charge in [-0.15, -0.1) is 0 Å². The lowest BCUT2D eigenvalue weighted by atomic mass is 9.86. The van der Waals surface area contributed by atoms with Gasteiger partial charge >= 0.3 is 0 Å². The van der Waals surface area contributed by atoms with Gasteiger partial charge in [0.2, 0.25) is 0 Å². The van der Waals surface area contributed by atoms with Gasteiger partial charge in [-0.3, -0.25) is 9.13 Å². The lowest BCUT2D eigenvalue weighted by molar-refractivity contribution is 0.590. The average molecular weight is 1370 g/mol. The molecule has 0 saturated heterocycles. The number of aromatic nitrogens is 4. The number of imidazole rings is 2. The summed E-state index contributed by atoms with van der Waals surface area (Å²) >= 11 is 0. The lowest BCUT2D eigenvalue weighted by Gasteiger charge is -2.19. The van der Waals surface area contributed by atoms with Crippen LogP contribution in [0.4, 0.5) is 0 Å². The van der Waals surface area contributed by atoms with Gasteiger partial charge in [0.1, 0.15) is 34.0 Å². The van der Waals surface area contributed by atoms with E-state index >= 15 is 0 Å². The van der Waals surface area contributed by atoms with Crippen LogP contribution >= 0.6 is 0 Å². The minimum atomic E-state index is 0.0821. The molecular weight excluding hydrogens is 1290 g/mol. The summed E-state index contributed by atoms with van der Waals surface area (Å²) in [6.07, 6.45) is 0. The Morgan fingerprint density at radius 1 is 0.274 bits per heavy atom. The summed E-state index contributed by atoms with van der Waals surface area (Å²) in [5.74, 6) is 1.83. The summed E-state index contributed by atoms with van der Waals surface area (Å²) in [4.78, 5) is 10.2. The second kappa shape index (κ2) is 26.4. The fourth-order valence-corrected chi connectivity index (χ4v) is 16.1. The van der Waals surface area contributed by atoms with Crippen molar-refractivity contribution in [1.29, 1.82) is 0 Å². The van der Waals surface area contributed by atoms with Gasteiger partial charge < -0.3 is 8.83 Å². The molecule has 0 amide bonds. The molecular formula is C100H84N4O2. The second-order valence-electron chi connectivity index (χ2n) is 31.0. The van der Waals surface area contributed by atoms with Crippen LogP contribution in [-0.2, 0) is 10.8 Å². The van der Waals surface area contributed by atoms with Crippen LogP contribution in [0.15, 0.2) is 300 Å². The van der Waals surface area contributed by atoms with Gasteiger partial charge in [-0.05, 0) is 238 Å². The van der Waals surface area contributed by atoms with Gasteiger partial charge in [0.25, 0.3) is 0 Å². The molecule has 0 bridgehead atoms.